The summed E-state index contributed by atoms with van der Waals surface area (Å²) in [5, 5.41) is 13.1. The first-order valence-corrected chi connectivity index (χ1v) is 12.9. The second-order valence-corrected chi connectivity index (χ2v) is 9.83. The minimum absolute atomic E-state index is 0.0560. The highest BCUT2D eigenvalue weighted by atomic mass is 19.1. The molecule has 2 aromatic rings. The Morgan fingerprint density at radius 1 is 1.06 bits per heavy atom. The molecule has 0 spiro atoms. The maximum absolute atomic E-state index is 15.4. The zero-order valence-corrected chi connectivity index (χ0v) is 20.3. The number of ketones is 1. The van der Waals surface area contributed by atoms with Crippen LogP contribution < -0.4 is 5.32 Å². The SMILES string of the molecule is O=C(O)C(c1ccccc1)N1CCC(F)(C(=O)CCCCCCc2ccc3c(n2)NCCC3)CC1. The van der Waals surface area contributed by atoms with Crippen LogP contribution in [0, 0.1) is 0 Å². The minimum Gasteiger partial charge on any atom is -0.480 e. The Morgan fingerprint density at radius 3 is 2.54 bits per heavy atom. The van der Waals surface area contributed by atoms with Gasteiger partial charge in [0.1, 0.15) is 11.9 Å². The summed E-state index contributed by atoms with van der Waals surface area (Å²) >= 11 is 0. The molecule has 6 nitrogen and oxygen atoms in total. The zero-order chi connectivity index (χ0) is 24.7. The fourth-order valence-corrected chi connectivity index (χ4v) is 5.24. The Balaban J connectivity index is 1.17. The van der Waals surface area contributed by atoms with E-state index in [4.69, 9.17) is 4.98 Å². The molecule has 2 aliphatic rings. The fourth-order valence-electron chi connectivity index (χ4n) is 5.24. The molecule has 1 saturated heterocycles. The monoisotopic (exact) mass is 481 g/mol. The molecular formula is C28H36FN3O3. The molecule has 0 bridgehead atoms. The number of aryl methyl sites for hydroxylation is 2. The van der Waals surface area contributed by atoms with Crippen LogP contribution in [0.25, 0.3) is 0 Å². The Kier molecular flexibility index (Phi) is 8.50. The number of hydrogen-bond acceptors (Lipinski definition) is 5. The van der Waals surface area contributed by atoms with Crippen LogP contribution in [0.3, 0.4) is 0 Å². The van der Waals surface area contributed by atoms with Crippen molar-refractivity contribution in [1.29, 1.82) is 0 Å². The molecule has 2 N–H and O–H groups in total. The first kappa shape index (κ1) is 25.3. The number of aromatic nitrogens is 1. The maximum Gasteiger partial charge on any atom is 0.325 e. The molecule has 1 aromatic heterocycles. The number of likely N-dealkylation sites (tertiary alicyclic amines) is 1. The molecule has 0 saturated carbocycles. The lowest BCUT2D eigenvalue weighted by Crippen LogP contribution is -2.48. The van der Waals surface area contributed by atoms with E-state index in [-0.39, 0.29) is 38.1 Å². The summed E-state index contributed by atoms with van der Waals surface area (Å²) in [6.45, 7) is 1.51. The predicted molar refractivity (Wildman–Crippen MR) is 134 cm³/mol. The second kappa shape index (κ2) is 11.8. The maximum atomic E-state index is 15.4. The van der Waals surface area contributed by atoms with Gasteiger partial charge in [0.05, 0.1) is 0 Å². The number of nitrogens with one attached hydrogen (secondary N) is 1. The number of hydrogen-bond donors (Lipinski definition) is 2. The molecule has 0 amide bonds. The highest BCUT2D eigenvalue weighted by Crippen LogP contribution is 2.33. The summed E-state index contributed by atoms with van der Waals surface area (Å²) in [6.07, 6.45) is 7.10. The second-order valence-electron chi connectivity index (χ2n) is 9.83. The number of nitrogens with zero attached hydrogens (tertiary/aromatic N) is 2. The van der Waals surface area contributed by atoms with Crippen LogP contribution in [-0.2, 0) is 22.4 Å². The summed E-state index contributed by atoms with van der Waals surface area (Å²) in [5.41, 5.74) is 1.23. The van der Waals surface area contributed by atoms with Gasteiger partial charge >= 0.3 is 5.97 Å². The number of carbonyl (C=O) groups is 2. The van der Waals surface area contributed by atoms with Crippen molar-refractivity contribution in [3.8, 4) is 0 Å². The first-order chi connectivity index (χ1) is 17.0. The molecule has 188 valence electrons. The highest BCUT2D eigenvalue weighted by Gasteiger charge is 2.43. The molecule has 1 unspecified atom stereocenters. The van der Waals surface area contributed by atoms with Gasteiger partial charge in [-0.2, -0.15) is 0 Å². The number of carboxylic acid groups (broad SMARTS) is 1. The summed E-state index contributed by atoms with van der Waals surface area (Å²) < 4.78 is 15.4. The van der Waals surface area contributed by atoms with E-state index in [0.29, 0.717) is 12.0 Å². The van der Waals surface area contributed by atoms with E-state index in [1.807, 2.05) is 6.07 Å². The lowest BCUT2D eigenvalue weighted by molar-refractivity contribution is -0.146. The van der Waals surface area contributed by atoms with E-state index in [9.17, 15) is 14.7 Å². The van der Waals surface area contributed by atoms with E-state index in [1.54, 1.807) is 29.2 Å². The number of carboxylic acids is 1. The number of aliphatic carboxylic acids is 1. The number of anilines is 1. The van der Waals surface area contributed by atoms with Crippen molar-refractivity contribution in [2.45, 2.75) is 75.9 Å². The number of fused-ring (bicyclic) bond motifs is 1. The molecule has 0 aliphatic carbocycles. The number of piperidine rings is 1. The topological polar surface area (TPSA) is 82.5 Å². The minimum atomic E-state index is -1.84. The Bertz CT molecular complexity index is 1010. The van der Waals surface area contributed by atoms with Crippen molar-refractivity contribution in [3.05, 3.63) is 59.3 Å². The number of halogens is 1. The van der Waals surface area contributed by atoms with Crippen molar-refractivity contribution in [3.63, 3.8) is 0 Å². The lowest BCUT2D eigenvalue weighted by atomic mass is 9.85. The van der Waals surface area contributed by atoms with E-state index in [2.05, 4.69) is 17.4 Å². The van der Waals surface area contributed by atoms with Gasteiger partial charge in [0.25, 0.3) is 0 Å². The molecule has 1 atom stereocenters. The standard InChI is InChI=1S/C28H36FN3O3/c29-28(16-19-32(20-17-28)25(27(34)35)21-9-4-3-5-10-21)24(33)13-7-2-1-6-12-23-15-14-22-11-8-18-30-26(22)31-23/h3-5,9-10,14-15,25H,1-2,6-8,11-13,16-20H2,(H,30,31)(H,34,35). The number of benzene rings is 1. The van der Waals surface area contributed by atoms with Crippen LogP contribution in [0.5, 0.6) is 0 Å². The summed E-state index contributed by atoms with van der Waals surface area (Å²) in [7, 11) is 0. The van der Waals surface area contributed by atoms with Crippen molar-refractivity contribution < 1.29 is 19.1 Å². The fraction of sp³-hybridized carbons (Fsp3) is 0.536. The third-order valence-electron chi connectivity index (χ3n) is 7.34. The number of carbonyl (C=O) groups excluding carboxylic acids is 1. The van der Waals surface area contributed by atoms with E-state index in [0.717, 1.165) is 56.6 Å². The third-order valence-corrected chi connectivity index (χ3v) is 7.34. The Labute approximate surface area is 206 Å². The van der Waals surface area contributed by atoms with Crippen molar-refractivity contribution in [2.75, 3.05) is 25.0 Å². The summed E-state index contributed by atoms with van der Waals surface area (Å²) in [6, 6.07) is 12.5. The molecule has 2 aliphatic heterocycles. The Morgan fingerprint density at radius 2 is 1.80 bits per heavy atom. The van der Waals surface area contributed by atoms with Gasteiger partial charge in [-0.25, -0.2) is 9.37 Å². The average molecular weight is 482 g/mol. The molecule has 1 fully saturated rings. The highest BCUT2D eigenvalue weighted by molar-refractivity contribution is 5.87. The van der Waals surface area contributed by atoms with Gasteiger partial charge in [-0.1, -0.05) is 49.2 Å². The normalized spacial score (nSPS) is 18.3. The van der Waals surface area contributed by atoms with Crippen LogP contribution in [0.1, 0.15) is 74.2 Å². The van der Waals surface area contributed by atoms with Gasteiger partial charge < -0.3 is 10.4 Å². The molecule has 1 aromatic carbocycles. The van der Waals surface area contributed by atoms with Crippen LogP contribution in [-0.4, -0.2) is 52.0 Å². The number of rotatable bonds is 11. The first-order valence-electron chi connectivity index (χ1n) is 12.9. The molecule has 4 rings (SSSR count). The van der Waals surface area contributed by atoms with Crippen LogP contribution in [0.4, 0.5) is 10.2 Å². The van der Waals surface area contributed by atoms with E-state index >= 15 is 4.39 Å². The van der Waals surface area contributed by atoms with Gasteiger partial charge in [0.15, 0.2) is 11.5 Å². The predicted octanol–water partition coefficient (Wildman–Crippen LogP) is 5.13. The summed E-state index contributed by atoms with van der Waals surface area (Å²) in [4.78, 5) is 31.0. The van der Waals surface area contributed by atoms with Crippen LogP contribution in [0.2, 0.25) is 0 Å². The van der Waals surface area contributed by atoms with Gasteiger partial charge in [-0.05, 0) is 49.3 Å². The van der Waals surface area contributed by atoms with Crippen LogP contribution >= 0.6 is 0 Å². The smallest absolute Gasteiger partial charge is 0.325 e. The van der Waals surface area contributed by atoms with Gasteiger partial charge in [0, 0.05) is 44.6 Å². The summed E-state index contributed by atoms with van der Waals surface area (Å²) in [5.74, 6) is -0.251. The third kappa shape index (κ3) is 6.45. The van der Waals surface area contributed by atoms with Gasteiger partial charge in [0.2, 0.25) is 0 Å². The molecule has 35 heavy (non-hydrogen) atoms. The quantitative estimate of drug-likeness (QED) is 0.433. The number of alkyl halides is 1. The number of pyridine rings is 1. The number of unbranched alkanes of at least 4 members (excludes halogenated alkanes) is 3. The molecule has 3 heterocycles. The lowest BCUT2D eigenvalue weighted by Gasteiger charge is -2.38. The van der Waals surface area contributed by atoms with Crippen molar-refractivity contribution in [2.24, 2.45) is 0 Å². The molecule has 7 heteroatoms. The molecular weight excluding hydrogens is 445 g/mol. The van der Waals surface area contributed by atoms with Crippen molar-refractivity contribution in [1.82, 2.24) is 9.88 Å². The molecule has 0 radical (unpaired) electrons. The Hall–Kier alpha value is -2.80. The van der Waals surface area contributed by atoms with E-state index < -0.39 is 17.7 Å². The van der Waals surface area contributed by atoms with Gasteiger partial charge in [-0.3, -0.25) is 14.5 Å². The van der Waals surface area contributed by atoms with E-state index in [1.165, 1.54) is 5.56 Å². The van der Waals surface area contributed by atoms with Crippen LogP contribution in [0.15, 0.2) is 42.5 Å². The largest absolute Gasteiger partial charge is 0.480 e. The number of Topliss-reactive ketones (excluding diaryl/α,β-unsaturated/α-hetero) is 1. The van der Waals surface area contributed by atoms with Gasteiger partial charge in [-0.15, -0.1) is 0 Å². The zero-order valence-electron chi connectivity index (χ0n) is 20.3. The average Bonchev–Trinajstić information content (AvgIpc) is 2.87. The van der Waals surface area contributed by atoms with Crippen molar-refractivity contribution >= 4 is 17.6 Å².